The van der Waals surface area contributed by atoms with Crippen molar-refractivity contribution in [3.8, 4) is 0 Å². The molecule has 1 aliphatic heterocycles. The third kappa shape index (κ3) is 7.59. The van der Waals surface area contributed by atoms with Crippen LogP contribution >= 0.6 is 0 Å². The number of aryl methyl sites for hydroxylation is 1. The first-order chi connectivity index (χ1) is 20.1. The van der Waals surface area contributed by atoms with Gasteiger partial charge in [-0.3, -0.25) is 9.69 Å². The van der Waals surface area contributed by atoms with Gasteiger partial charge in [-0.15, -0.1) is 0 Å². The zero-order valence-electron chi connectivity index (χ0n) is 23.4. The Hall–Kier alpha value is -3.21. The van der Waals surface area contributed by atoms with Gasteiger partial charge in [0.1, 0.15) is 0 Å². The minimum absolute atomic E-state index is 0.193. The normalized spacial score (nSPS) is 18.7. The molecule has 2 aliphatic rings. The van der Waals surface area contributed by atoms with Crippen molar-refractivity contribution in [1.82, 2.24) is 14.9 Å². The number of fused-ring (bicyclic) bond motifs is 1. The van der Waals surface area contributed by atoms with Gasteiger partial charge in [0.25, 0.3) is 0 Å². The quantitative estimate of drug-likeness (QED) is 0.303. The number of nitrogens with one attached hydrogen (secondary N) is 2. The third-order valence-electron chi connectivity index (χ3n) is 8.07. The Morgan fingerprint density at radius 1 is 0.929 bits per heavy atom. The van der Waals surface area contributed by atoms with Crippen molar-refractivity contribution >= 4 is 15.9 Å². The maximum atomic E-state index is 13.3. The molecule has 0 aromatic heterocycles. The Labute approximate surface area is 245 Å². The average molecular weight is 600 g/mol. The number of alkyl halides is 3. The zero-order chi connectivity index (χ0) is 29.7. The first kappa shape index (κ1) is 30.3. The average Bonchev–Trinajstić information content (AvgIpc) is 2.97. The van der Waals surface area contributed by atoms with Crippen molar-refractivity contribution < 1.29 is 26.4 Å². The van der Waals surface area contributed by atoms with Gasteiger partial charge in [0.05, 0.1) is 22.5 Å². The van der Waals surface area contributed by atoms with Crippen molar-refractivity contribution in [3.05, 3.63) is 101 Å². The summed E-state index contributed by atoms with van der Waals surface area (Å²) < 4.78 is 68.6. The van der Waals surface area contributed by atoms with E-state index in [2.05, 4.69) is 33.1 Å². The largest absolute Gasteiger partial charge is 0.416 e. The van der Waals surface area contributed by atoms with E-state index in [1.54, 1.807) is 30.3 Å². The van der Waals surface area contributed by atoms with E-state index in [0.717, 1.165) is 62.7 Å². The molecule has 42 heavy (non-hydrogen) atoms. The van der Waals surface area contributed by atoms with E-state index in [-0.39, 0.29) is 18.4 Å². The van der Waals surface area contributed by atoms with Crippen molar-refractivity contribution in [2.45, 2.75) is 74.6 Å². The maximum absolute atomic E-state index is 13.3. The summed E-state index contributed by atoms with van der Waals surface area (Å²) in [5, 5.41) is 3.10. The van der Waals surface area contributed by atoms with Crippen LogP contribution in [0.5, 0.6) is 0 Å². The first-order valence-electron chi connectivity index (χ1n) is 14.5. The number of amides is 1. The van der Waals surface area contributed by atoms with Crippen molar-refractivity contribution in [1.29, 1.82) is 0 Å². The van der Waals surface area contributed by atoms with Crippen molar-refractivity contribution in [3.63, 3.8) is 0 Å². The molecule has 1 saturated heterocycles. The molecule has 1 amide bonds. The van der Waals surface area contributed by atoms with Crippen LogP contribution in [0, 0.1) is 0 Å². The number of hydrogen-bond donors (Lipinski definition) is 2. The highest BCUT2D eigenvalue weighted by Gasteiger charge is 2.33. The van der Waals surface area contributed by atoms with Crippen molar-refractivity contribution in [2.24, 2.45) is 0 Å². The molecule has 0 radical (unpaired) electrons. The Morgan fingerprint density at radius 2 is 1.69 bits per heavy atom. The molecule has 2 N–H and O–H groups in total. The van der Waals surface area contributed by atoms with Gasteiger partial charge in [0.2, 0.25) is 15.9 Å². The standard InChI is InChI=1S/C32H36F3N3O3S/c33-32(34,35)26-12-8-13-27(20-26)42(40,41)37-30(24-9-3-1-4-10-24)21-31(39)36-29-14-7-11-25-19-23(15-16-28(25)29)22-38-17-5-2-6-18-38/h1,3-4,8-10,12-13,15-16,19-20,29-30,37H,2,5-7,11,14,17-18,21-22H2,(H,36,39)/t29-,30-/m1/s1. The molecule has 0 saturated carbocycles. The number of hydrogen-bond acceptors (Lipinski definition) is 4. The van der Waals surface area contributed by atoms with E-state index < -0.39 is 32.7 Å². The summed E-state index contributed by atoms with van der Waals surface area (Å²) in [5.74, 6) is -0.342. The number of carbonyl (C=O) groups excluding carboxylic acids is 1. The molecular formula is C32H36F3N3O3S. The summed E-state index contributed by atoms with van der Waals surface area (Å²) in [4.78, 5) is 15.3. The summed E-state index contributed by atoms with van der Waals surface area (Å²) >= 11 is 0. The molecule has 1 heterocycles. The molecule has 2 atom stereocenters. The molecule has 3 aromatic carbocycles. The molecule has 6 nitrogen and oxygen atoms in total. The Bertz CT molecular complexity index is 1490. The van der Waals surface area contributed by atoms with Crippen LogP contribution in [0.15, 0.2) is 77.7 Å². The number of rotatable bonds is 9. The topological polar surface area (TPSA) is 78.5 Å². The van der Waals surface area contributed by atoms with E-state index in [0.29, 0.717) is 11.6 Å². The van der Waals surface area contributed by atoms with Gasteiger partial charge in [-0.1, -0.05) is 61.0 Å². The lowest BCUT2D eigenvalue weighted by Gasteiger charge is -2.29. The zero-order valence-corrected chi connectivity index (χ0v) is 24.2. The van der Waals surface area contributed by atoms with E-state index in [4.69, 9.17) is 0 Å². The summed E-state index contributed by atoms with van der Waals surface area (Å²) in [6, 6.07) is 17.5. The van der Waals surface area contributed by atoms with Crippen LogP contribution in [0.25, 0.3) is 0 Å². The van der Waals surface area contributed by atoms with Crippen LogP contribution in [0.3, 0.4) is 0 Å². The number of benzene rings is 3. The molecule has 0 spiro atoms. The van der Waals surface area contributed by atoms with Gasteiger partial charge < -0.3 is 5.32 Å². The van der Waals surface area contributed by atoms with Gasteiger partial charge in [-0.05, 0) is 85.6 Å². The van der Waals surface area contributed by atoms with Gasteiger partial charge in [-0.25, -0.2) is 13.1 Å². The monoisotopic (exact) mass is 599 g/mol. The summed E-state index contributed by atoms with van der Waals surface area (Å²) in [7, 11) is -4.37. The first-order valence-corrected chi connectivity index (χ1v) is 15.9. The predicted molar refractivity (Wildman–Crippen MR) is 155 cm³/mol. The van der Waals surface area contributed by atoms with Gasteiger partial charge in [0.15, 0.2) is 0 Å². The highest BCUT2D eigenvalue weighted by Crippen LogP contribution is 2.33. The fourth-order valence-electron chi connectivity index (χ4n) is 5.94. The second-order valence-corrected chi connectivity index (χ2v) is 12.9. The van der Waals surface area contributed by atoms with E-state index in [1.165, 1.54) is 30.4 Å². The number of halogens is 3. The lowest BCUT2D eigenvalue weighted by atomic mass is 9.86. The minimum atomic E-state index is -4.69. The molecular weight excluding hydrogens is 563 g/mol. The lowest BCUT2D eigenvalue weighted by Crippen LogP contribution is -2.36. The number of piperidine rings is 1. The molecule has 0 unspecified atom stereocenters. The third-order valence-corrected chi connectivity index (χ3v) is 9.54. The van der Waals surface area contributed by atoms with E-state index in [9.17, 15) is 26.4 Å². The molecule has 5 rings (SSSR count). The number of likely N-dealkylation sites (tertiary alicyclic amines) is 1. The Balaban J connectivity index is 1.30. The fourth-order valence-corrected chi connectivity index (χ4v) is 7.21. The second-order valence-electron chi connectivity index (χ2n) is 11.2. The van der Waals surface area contributed by atoms with Crippen LogP contribution in [0.1, 0.15) is 78.4 Å². The summed E-state index contributed by atoms with van der Waals surface area (Å²) in [6.07, 6.45) is 1.51. The summed E-state index contributed by atoms with van der Waals surface area (Å²) in [6.45, 7) is 3.17. The molecule has 1 fully saturated rings. The van der Waals surface area contributed by atoms with E-state index >= 15 is 0 Å². The van der Waals surface area contributed by atoms with Crippen LogP contribution in [0.2, 0.25) is 0 Å². The number of nitrogens with zero attached hydrogens (tertiary/aromatic N) is 1. The Kier molecular flexibility index (Phi) is 9.35. The van der Waals surface area contributed by atoms with Gasteiger partial charge >= 0.3 is 6.18 Å². The maximum Gasteiger partial charge on any atom is 0.416 e. The Morgan fingerprint density at radius 3 is 2.43 bits per heavy atom. The van der Waals surface area contributed by atoms with Crippen LogP contribution < -0.4 is 10.0 Å². The van der Waals surface area contributed by atoms with Crippen molar-refractivity contribution in [2.75, 3.05) is 13.1 Å². The lowest BCUT2D eigenvalue weighted by molar-refractivity contribution is -0.137. The van der Waals surface area contributed by atoms with Crippen LogP contribution in [-0.4, -0.2) is 32.3 Å². The molecule has 0 bridgehead atoms. The highest BCUT2D eigenvalue weighted by molar-refractivity contribution is 7.89. The smallest absolute Gasteiger partial charge is 0.349 e. The molecule has 224 valence electrons. The number of carbonyl (C=O) groups is 1. The molecule has 3 aromatic rings. The van der Waals surface area contributed by atoms with Gasteiger partial charge in [0, 0.05) is 13.0 Å². The highest BCUT2D eigenvalue weighted by atomic mass is 32.2. The van der Waals surface area contributed by atoms with E-state index in [1.807, 2.05) is 0 Å². The molecule has 10 heteroatoms. The minimum Gasteiger partial charge on any atom is -0.349 e. The number of sulfonamides is 1. The summed E-state index contributed by atoms with van der Waals surface area (Å²) in [5.41, 5.74) is 3.06. The van der Waals surface area contributed by atoms with Gasteiger partial charge in [-0.2, -0.15) is 13.2 Å². The second kappa shape index (κ2) is 13.0. The fraction of sp³-hybridized carbons (Fsp3) is 0.406. The van der Waals surface area contributed by atoms with Crippen LogP contribution in [0.4, 0.5) is 13.2 Å². The molecule has 1 aliphatic carbocycles. The SMILES string of the molecule is O=C(C[C@@H](NS(=O)(=O)c1cccc(C(F)(F)F)c1)c1ccccc1)N[C@@H]1CCCc2cc(CN3CCCCC3)ccc21. The predicted octanol–water partition coefficient (Wildman–Crippen LogP) is 6.29. The van der Waals surface area contributed by atoms with Crippen LogP contribution in [-0.2, 0) is 34.0 Å².